The molecule has 2 N–H and O–H groups in total. The molecule has 2 fully saturated rings. The van der Waals surface area contributed by atoms with Crippen LogP contribution in [0.2, 0.25) is 0 Å². The van der Waals surface area contributed by atoms with Gasteiger partial charge in [0.2, 0.25) is 5.91 Å². The second-order valence-electron chi connectivity index (χ2n) is 6.91. The summed E-state index contributed by atoms with van der Waals surface area (Å²) < 4.78 is 7.74. The number of nitrogens with zero attached hydrogens (tertiary/aromatic N) is 2. The van der Waals surface area contributed by atoms with Gasteiger partial charge in [0.1, 0.15) is 0 Å². The largest absolute Gasteiger partial charge is 0.375 e. The van der Waals surface area contributed by atoms with Gasteiger partial charge in [0.05, 0.1) is 24.4 Å². The van der Waals surface area contributed by atoms with Crippen LogP contribution < -0.4 is 10.6 Å². The van der Waals surface area contributed by atoms with Crippen molar-refractivity contribution >= 4 is 5.91 Å². The zero-order chi connectivity index (χ0) is 16.4. The molecule has 0 bridgehead atoms. The third-order valence-corrected chi connectivity index (χ3v) is 4.88. The summed E-state index contributed by atoms with van der Waals surface area (Å²) in [6.07, 6.45) is 8.00. The predicted molar refractivity (Wildman–Crippen MR) is 88.0 cm³/mol. The van der Waals surface area contributed by atoms with Crippen LogP contribution in [-0.4, -0.2) is 40.0 Å². The van der Waals surface area contributed by atoms with E-state index in [9.17, 15) is 4.79 Å². The Kier molecular flexibility index (Phi) is 5.02. The highest BCUT2D eigenvalue weighted by atomic mass is 16.5. The maximum atomic E-state index is 11.9. The average molecular weight is 320 g/mol. The van der Waals surface area contributed by atoms with E-state index in [-0.39, 0.29) is 30.2 Å². The number of amides is 1. The maximum absolute atomic E-state index is 11.9. The molecule has 3 rings (SSSR count). The SMILES string of the molecule is CCn1cc([C@@H]2NC(=O)CC[C@H]2NC2C[C@@H](C)O[C@@H](C)C2)cn1. The molecule has 0 spiro atoms. The molecule has 6 nitrogen and oxygen atoms in total. The lowest BCUT2D eigenvalue weighted by atomic mass is 9.91. The number of ether oxygens (including phenoxy) is 1. The number of carbonyl (C=O) groups excluding carboxylic acids is 1. The first-order valence-corrected chi connectivity index (χ1v) is 8.78. The Labute approximate surface area is 138 Å². The van der Waals surface area contributed by atoms with E-state index in [1.807, 2.05) is 17.1 Å². The molecule has 2 saturated heterocycles. The summed E-state index contributed by atoms with van der Waals surface area (Å²) in [5, 5.41) is 11.3. The van der Waals surface area contributed by atoms with E-state index in [2.05, 4.69) is 36.5 Å². The first-order chi connectivity index (χ1) is 11.0. The number of carbonyl (C=O) groups is 1. The molecule has 1 unspecified atom stereocenters. The van der Waals surface area contributed by atoms with Crippen LogP contribution in [0.15, 0.2) is 12.4 Å². The lowest BCUT2D eigenvalue weighted by molar-refractivity contribution is -0.124. The Morgan fingerprint density at radius 1 is 1.39 bits per heavy atom. The summed E-state index contributed by atoms with van der Waals surface area (Å²) in [5.41, 5.74) is 1.09. The third-order valence-electron chi connectivity index (χ3n) is 4.88. The number of piperidine rings is 1. The van der Waals surface area contributed by atoms with E-state index in [0.717, 1.165) is 31.4 Å². The number of nitrogens with one attached hydrogen (secondary N) is 2. The van der Waals surface area contributed by atoms with Crippen LogP contribution in [0.4, 0.5) is 0 Å². The number of hydrogen-bond acceptors (Lipinski definition) is 4. The fraction of sp³-hybridized carbons (Fsp3) is 0.765. The molecule has 0 aromatic carbocycles. The lowest BCUT2D eigenvalue weighted by Crippen LogP contribution is -2.53. The Morgan fingerprint density at radius 2 is 2.13 bits per heavy atom. The van der Waals surface area contributed by atoms with E-state index in [4.69, 9.17) is 4.74 Å². The molecule has 1 aromatic rings. The van der Waals surface area contributed by atoms with E-state index in [1.165, 1.54) is 0 Å². The number of hydrogen-bond donors (Lipinski definition) is 2. The molecule has 3 heterocycles. The molecule has 0 aliphatic carbocycles. The summed E-state index contributed by atoms with van der Waals surface area (Å²) in [5.74, 6) is 0.131. The minimum Gasteiger partial charge on any atom is -0.375 e. The van der Waals surface area contributed by atoms with Crippen molar-refractivity contribution in [2.24, 2.45) is 0 Å². The topological polar surface area (TPSA) is 68.2 Å². The maximum Gasteiger partial charge on any atom is 0.220 e. The van der Waals surface area contributed by atoms with Crippen LogP contribution in [0.3, 0.4) is 0 Å². The molecule has 2 aliphatic heterocycles. The molecule has 128 valence electrons. The molecule has 1 amide bonds. The molecular weight excluding hydrogens is 292 g/mol. The highest BCUT2D eigenvalue weighted by Gasteiger charge is 2.34. The normalized spacial score (nSPS) is 35.1. The zero-order valence-corrected chi connectivity index (χ0v) is 14.3. The molecule has 0 saturated carbocycles. The van der Waals surface area contributed by atoms with Crippen molar-refractivity contribution in [3.05, 3.63) is 18.0 Å². The van der Waals surface area contributed by atoms with Crippen LogP contribution in [-0.2, 0) is 16.1 Å². The van der Waals surface area contributed by atoms with Crippen molar-refractivity contribution in [3.8, 4) is 0 Å². The molecule has 0 radical (unpaired) electrons. The second kappa shape index (κ2) is 7.01. The minimum absolute atomic E-state index is 0.00464. The number of aromatic nitrogens is 2. The molecule has 1 aromatic heterocycles. The lowest BCUT2D eigenvalue weighted by Gasteiger charge is -2.39. The van der Waals surface area contributed by atoms with E-state index < -0.39 is 0 Å². The van der Waals surface area contributed by atoms with E-state index in [1.54, 1.807) is 0 Å². The minimum atomic E-state index is 0.00464. The van der Waals surface area contributed by atoms with Gasteiger partial charge in [0.15, 0.2) is 0 Å². The van der Waals surface area contributed by atoms with Crippen LogP contribution in [0, 0.1) is 0 Å². The van der Waals surface area contributed by atoms with Gasteiger partial charge in [0, 0.05) is 36.8 Å². The van der Waals surface area contributed by atoms with Gasteiger partial charge >= 0.3 is 0 Å². The van der Waals surface area contributed by atoms with Gasteiger partial charge in [-0.2, -0.15) is 5.10 Å². The van der Waals surface area contributed by atoms with Gasteiger partial charge < -0.3 is 15.4 Å². The van der Waals surface area contributed by atoms with Gasteiger partial charge in [-0.25, -0.2) is 0 Å². The summed E-state index contributed by atoms with van der Waals surface area (Å²) in [6.45, 7) is 7.18. The van der Waals surface area contributed by atoms with Crippen molar-refractivity contribution < 1.29 is 9.53 Å². The third kappa shape index (κ3) is 3.93. The second-order valence-corrected chi connectivity index (χ2v) is 6.91. The highest BCUT2D eigenvalue weighted by Crippen LogP contribution is 2.27. The molecule has 23 heavy (non-hydrogen) atoms. The van der Waals surface area contributed by atoms with Gasteiger partial charge in [0.25, 0.3) is 0 Å². The summed E-state index contributed by atoms with van der Waals surface area (Å²) >= 11 is 0. The van der Waals surface area contributed by atoms with E-state index >= 15 is 0 Å². The fourth-order valence-corrected chi connectivity index (χ4v) is 3.85. The zero-order valence-electron chi connectivity index (χ0n) is 14.3. The molecular formula is C17H28N4O2. The summed E-state index contributed by atoms with van der Waals surface area (Å²) in [4.78, 5) is 11.9. The van der Waals surface area contributed by atoms with Crippen LogP contribution in [0.5, 0.6) is 0 Å². The van der Waals surface area contributed by atoms with Crippen LogP contribution >= 0.6 is 0 Å². The predicted octanol–water partition coefficient (Wildman–Crippen LogP) is 1.77. The van der Waals surface area contributed by atoms with Crippen molar-refractivity contribution in [2.75, 3.05) is 0 Å². The van der Waals surface area contributed by atoms with Gasteiger partial charge in [-0.3, -0.25) is 9.48 Å². The van der Waals surface area contributed by atoms with Gasteiger partial charge in [-0.15, -0.1) is 0 Å². The average Bonchev–Trinajstić information content (AvgIpc) is 2.97. The molecule has 5 atom stereocenters. The van der Waals surface area contributed by atoms with Crippen molar-refractivity contribution in [1.29, 1.82) is 0 Å². The highest BCUT2D eigenvalue weighted by molar-refractivity contribution is 5.77. The summed E-state index contributed by atoms with van der Waals surface area (Å²) in [7, 11) is 0. The Bertz CT molecular complexity index is 534. The van der Waals surface area contributed by atoms with E-state index in [0.29, 0.717) is 12.5 Å². The smallest absolute Gasteiger partial charge is 0.220 e. The van der Waals surface area contributed by atoms with Crippen LogP contribution in [0.25, 0.3) is 0 Å². The Balaban J connectivity index is 1.71. The van der Waals surface area contributed by atoms with Gasteiger partial charge in [-0.1, -0.05) is 0 Å². The summed E-state index contributed by atoms with van der Waals surface area (Å²) in [6, 6.07) is 0.701. The Hall–Kier alpha value is -1.40. The number of aryl methyl sites for hydroxylation is 1. The number of rotatable bonds is 4. The quantitative estimate of drug-likeness (QED) is 0.887. The molecule has 2 aliphatic rings. The van der Waals surface area contributed by atoms with Crippen molar-refractivity contribution in [1.82, 2.24) is 20.4 Å². The van der Waals surface area contributed by atoms with Crippen molar-refractivity contribution in [2.45, 2.75) is 83.3 Å². The fourth-order valence-electron chi connectivity index (χ4n) is 3.85. The standard InChI is InChI=1S/C17H28N4O2/c1-4-21-10-13(9-18-21)17-15(5-6-16(22)20-17)19-14-7-11(2)23-12(3)8-14/h9-12,14-15,17,19H,4-8H2,1-3H3,(H,20,22)/t11-,12+,14?,15-,17+/m1/s1. The molecule has 6 heteroatoms. The van der Waals surface area contributed by atoms with Crippen molar-refractivity contribution in [3.63, 3.8) is 0 Å². The Morgan fingerprint density at radius 3 is 2.78 bits per heavy atom. The van der Waals surface area contributed by atoms with Crippen LogP contribution in [0.1, 0.15) is 58.1 Å². The monoisotopic (exact) mass is 320 g/mol. The first-order valence-electron chi connectivity index (χ1n) is 8.78. The first kappa shape index (κ1) is 16.5. The van der Waals surface area contributed by atoms with Gasteiger partial charge in [-0.05, 0) is 40.0 Å².